The molecule has 108 valence electrons. The average molecular weight is 285 g/mol. The average Bonchev–Trinajstić information content (AvgIpc) is 3.17. The number of carbonyl (C=O) groups is 2. The van der Waals surface area contributed by atoms with E-state index < -0.39 is 11.9 Å². The van der Waals surface area contributed by atoms with Crippen molar-refractivity contribution in [3.8, 4) is 0 Å². The molecular formula is C16H15NO4. The molecule has 5 heteroatoms. The molecule has 2 atom stereocenters. The number of likely N-dealkylation sites (tertiary alicyclic amines) is 1. The Bertz CT molecular complexity index is 636. The van der Waals surface area contributed by atoms with Crippen molar-refractivity contribution in [3.05, 3.63) is 60.1 Å². The van der Waals surface area contributed by atoms with E-state index in [2.05, 4.69) is 0 Å². The summed E-state index contributed by atoms with van der Waals surface area (Å²) < 4.78 is 4.92. The molecule has 3 rings (SSSR count). The largest absolute Gasteiger partial charge is 0.481 e. The molecule has 0 aliphatic carbocycles. The summed E-state index contributed by atoms with van der Waals surface area (Å²) in [6.07, 6.45) is 2.82. The van der Waals surface area contributed by atoms with Gasteiger partial charge < -0.3 is 14.4 Å². The van der Waals surface area contributed by atoms with Crippen LogP contribution in [0.5, 0.6) is 0 Å². The van der Waals surface area contributed by atoms with Crippen LogP contribution in [0.2, 0.25) is 0 Å². The Morgan fingerprint density at radius 2 is 1.90 bits per heavy atom. The van der Waals surface area contributed by atoms with Crippen LogP contribution < -0.4 is 0 Å². The highest BCUT2D eigenvalue weighted by atomic mass is 16.4. The summed E-state index contributed by atoms with van der Waals surface area (Å²) in [6, 6.07) is 11.1. The van der Waals surface area contributed by atoms with Crippen molar-refractivity contribution in [1.82, 2.24) is 4.90 Å². The second kappa shape index (κ2) is 5.44. The molecule has 0 unspecified atom stereocenters. The van der Waals surface area contributed by atoms with Crippen LogP contribution in [-0.4, -0.2) is 35.0 Å². The van der Waals surface area contributed by atoms with E-state index in [0.717, 1.165) is 5.56 Å². The van der Waals surface area contributed by atoms with E-state index in [-0.39, 0.29) is 18.4 Å². The first-order chi connectivity index (χ1) is 10.2. The maximum atomic E-state index is 12.3. The van der Waals surface area contributed by atoms with E-state index in [0.29, 0.717) is 12.1 Å². The van der Waals surface area contributed by atoms with E-state index in [4.69, 9.17) is 4.42 Å². The lowest BCUT2D eigenvalue weighted by Gasteiger charge is -2.15. The van der Waals surface area contributed by atoms with Crippen LogP contribution in [0.4, 0.5) is 0 Å². The van der Waals surface area contributed by atoms with Crippen LogP contribution in [-0.2, 0) is 4.79 Å². The Morgan fingerprint density at radius 1 is 1.14 bits per heavy atom. The van der Waals surface area contributed by atoms with Gasteiger partial charge in [0.05, 0.1) is 17.7 Å². The van der Waals surface area contributed by atoms with Crippen molar-refractivity contribution in [2.45, 2.75) is 5.92 Å². The van der Waals surface area contributed by atoms with Crippen LogP contribution >= 0.6 is 0 Å². The van der Waals surface area contributed by atoms with Gasteiger partial charge in [-0.05, 0) is 11.6 Å². The first kappa shape index (κ1) is 13.4. The smallest absolute Gasteiger partial charge is 0.308 e. The predicted octanol–water partition coefficient (Wildman–Crippen LogP) is 2.22. The molecule has 1 saturated heterocycles. The molecule has 2 aromatic rings. The van der Waals surface area contributed by atoms with E-state index in [9.17, 15) is 14.7 Å². The minimum absolute atomic E-state index is 0.181. The normalized spacial score (nSPS) is 21.4. The number of nitrogens with zero attached hydrogens (tertiary/aromatic N) is 1. The number of rotatable bonds is 3. The van der Waals surface area contributed by atoms with Gasteiger partial charge in [-0.1, -0.05) is 30.3 Å². The number of benzene rings is 1. The van der Waals surface area contributed by atoms with Gasteiger partial charge in [0.25, 0.3) is 5.91 Å². The number of carboxylic acid groups (broad SMARTS) is 1. The maximum Gasteiger partial charge on any atom is 0.308 e. The van der Waals surface area contributed by atoms with Crippen molar-refractivity contribution in [3.63, 3.8) is 0 Å². The SMILES string of the molecule is O=C(O)[C@@H]1CN(C(=O)c2ccoc2)C[C@H]1c1ccccc1. The summed E-state index contributed by atoms with van der Waals surface area (Å²) >= 11 is 0. The summed E-state index contributed by atoms with van der Waals surface area (Å²) in [4.78, 5) is 25.4. The topological polar surface area (TPSA) is 70.8 Å². The highest BCUT2D eigenvalue weighted by Crippen LogP contribution is 2.33. The molecule has 1 N–H and O–H groups in total. The van der Waals surface area contributed by atoms with E-state index in [1.807, 2.05) is 30.3 Å². The Kier molecular flexibility index (Phi) is 3.48. The van der Waals surface area contributed by atoms with Crippen LogP contribution in [0.25, 0.3) is 0 Å². The van der Waals surface area contributed by atoms with Crippen LogP contribution in [0.3, 0.4) is 0 Å². The Balaban J connectivity index is 1.85. The minimum atomic E-state index is -0.869. The number of carboxylic acids is 1. The van der Waals surface area contributed by atoms with Crippen molar-refractivity contribution < 1.29 is 19.1 Å². The molecule has 0 radical (unpaired) electrons. The lowest BCUT2D eigenvalue weighted by Crippen LogP contribution is -2.29. The minimum Gasteiger partial charge on any atom is -0.481 e. The molecule has 0 spiro atoms. The zero-order chi connectivity index (χ0) is 14.8. The van der Waals surface area contributed by atoms with Gasteiger partial charge in [-0.3, -0.25) is 9.59 Å². The number of hydrogen-bond acceptors (Lipinski definition) is 3. The Morgan fingerprint density at radius 3 is 2.52 bits per heavy atom. The van der Waals surface area contributed by atoms with Crippen LogP contribution in [0.1, 0.15) is 21.8 Å². The van der Waals surface area contributed by atoms with Gasteiger partial charge >= 0.3 is 5.97 Å². The fraction of sp³-hybridized carbons (Fsp3) is 0.250. The quantitative estimate of drug-likeness (QED) is 0.938. The van der Waals surface area contributed by atoms with E-state index in [1.54, 1.807) is 11.0 Å². The van der Waals surface area contributed by atoms with E-state index >= 15 is 0 Å². The molecule has 1 aromatic carbocycles. The molecule has 1 amide bonds. The number of amides is 1. The molecule has 1 aromatic heterocycles. The van der Waals surface area contributed by atoms with Gasteiger partial charge in [0, 0.05) is 19.0 Å². The predicted molar refractivity (Wildman–Crippen MR) is 74.9 cm³/mol. The number of hydrogen-bond donors (Lipinski definition) is 1. The fourth-order valence-corrected chi connectivity index (χ4v) is 2.83. The van der Waals surface area contributed by atoms with Crippen molar-refractivity contribution in [2.75, 3.05) is 13.1 Å². The first-order valence-corrected chi connectivity index (χ1v) is 6.76. The van der Waals surface area contributed by atoms with Gasteiger partial charge in [0.1, 0.15) is 6.26 Å². The third-order valence-electron chi connectivity index (χ3n) is 3.92. The highest BCUT2D eigenvalue weighted by Gasteiger charge is 2.40. The molecule has 21 heavy (non-hydrogen) atoms. The number of furan rings is 1. The molecule has 1 aliphatic heterocycles. The molecular weight excluding hydrogens is 270 g/mol. The Labute approximate surface area is 121 Å². The third-order valence-corrected chi connectivity index (χ3v) is 3.92. The third kappa shape index (κ3) is 2.54. The summed E-state index contributed by atoms with van der Waals surface area (Å²) in [5, 5.41) is 9.42. The van der Waals surface area contributed by atoms with Gasteiger partial charge in [-0.2, -0.15) is 0 Å². The molecule has 2 heterocycles. The van der Waals surface area contributed by atoms with Crippen molar-refractivity contribution in [2.24, 2.45) is 5.92 Å². The van der Waals surface area contributed by atoms with E-state index in [1.165, 1.54) is 12.5 Å². The molecule has 1 fully saturated rings. The zero-order valence-electron chi connectivity index (χ0n) is 11.3. The molecule has 0 saturated carbocycles. The van der Waals surface area contributed by atoms with Gasteiger partial charge in [-0.25, -0.2) is 0 Å². The maximum absolute atomic E-state index is 12.3. The van der Waals surface area contributed by atoms with Gasteiger partial charge in [-0.15, -0.1) is 0 Å². The van der Waals surface area contributed by atoms with Gasteiger partial charge in [0.15, 0.2) is 0 Å². The molecule has 5 nitrogen and oxygen atoms in total. The van der Waals surface area contributed by atoms with Gasteiger partial charge in [0.2, 0.25) is 0 Å². The number of carbonyl (C=O) groups excluding carboxylic acids is 1. The molecule has 0 bridgehead atoms. The zero-order valence-corrected chi connectivity index (χ0v) is 11.3. The fourth-order valence-electron chi connectivity index (χ4n) is 2.83. The van der Waals surface area contributed by atoms with Crippen LogP contribution in [0, 0.1) is 5.92 Å². The standard InChI is InChI=1S/C16H15NO4/c18-15(12-6-7-21-10-12)17-8-13(14(9-17)16(19)20)11-4-2-1-3-5-11/h1-7,10,13-14H,8-9H2,(H,19,20)/t13-,14+/m0/s1. The monoisotopic (exact) mass is 285 g/mol. The lowest BCUT2D eigenvalue weighted by atomic mass is 9.89. The summed E-state index contributed by atoms with van der Waals surface area (Å²) in [6.45, 7) is 0.629. The highest BCUT2D eigenvalue weighted by molar-refractivity contribution is 5.94. The first-order valence-electron chi connectivity index (χ1n) is 6.76. The Hall–Kier alpha value is -2.56. The van der Waals surface area contributed by atoms with Crippen LogP contribution in [0.15, 0.2) is 53.3 Å². The molecule has 1 aliphatic rings. The second-order valence-electron chi connectivity index (χ2n) is 5.18. The second-order valence-corrected chi connectivity index (χ2v) is 5.18. The van der Waals surface area contributed by atoms with Crippen molar-refractivity contribution in [1.29, 1.82) is 0 Å². The van der Waals surface area contributed by atoms with Crippen molar-refractivity contribution >= 4 is 11.9 Å². The number of aliphatic carboxylic acids is 1. The lowest BCUT2D eigenvalue weighted by molar-refractivity contribution is -0.141. The summed E-state index contributed by atoms with van der Waals surface area (Å²) in [7, 11) is 0. The summed E-state index contributed by atoms with van der Waals surface area (Å²) in [5.41, 5.74) is 1.40. The summed E-state index contributed by atoms with van der Waals surface area (Å²) in [5.74, 6) is -1.82.